The van der Waals surface area contributed by atoms with Gasteiger partial charge in [-0.15, -0.1) is 0 Å². The van der Waals surface area contributed by atoms with Crippen LogP contribution in [0.15, 0.2) is 0 Å². The highest BCUT2D eigenvalue weighted by Gasteiger charge is 2.38. The molecule has 0 bridgehead atoms. The molecule has 0 heterocycles. The topological polar surface area (TPSA) is 27.7 Å². The molecular formula is C9H22O3S3Si. The molecule has 0 aromatic carbocycles. The average Bonchev–Trinajstić information content (AvgIpc) is 2.29. The van der Waals surface area contributed by atoms with E-state index in [1.165, 1.54) is 0 Å². The van der Waals surface area contributed by atoms with Crippen LogP contribution < -0.4 is 0 Å². The van der Waals surface area contributed by atoms with Crippen LogP contribution in [0, 0.1) is 0 Å². The molecule has 16 heavy (non-hydrogen) atoms. The zero-order valence-electron chi connectivity index (χ0n) is 9.89. The number of hydrogen-bond acceptors (Lipinski definition) is 6. The highest BCUT2D eigenvalue weighted by atomic mass is 32.2. The van der Waals surface area contributed by atoms with Crippen LogP contribution in [0.25, 0.3) is 0 Å². The normalized spacial score (nSPS) is 12.4. The summed E-state index contributed by atoms with van der Waals surface area (Å²) in [4.78, 5) is 0. The van der Waals surface area contributed by atoms with Crippen LogP contribution in [0.1, 0.15) is 19.3 Å². The second-order valence-corrected chi connectivity index (χ2v) is 8.46. The van der Waals surface area contributed by atoms with E-state index in [1.807, 2.05) is 0 Å². The Balaban J connectivity index is 4.00. The number of rotatable bonds is 10. The molecule has 0 spiro atoms. The van der Waals surface area contributed by atoms with Crippen LogP contribution >= 0.6 is 37.9 Å². The Labute approximate surface area is 116 Å². The van der Waals surface area contributed by atoms with Crippen molar-refractivity contribution >= 4 is 46.7 Å². The number of hydrogen-bond donors (Lipinski definition) is 3. The Morgan fingerprint density at radius 2 is 1.75 bits per heavy atom. The molecule has 0 fully saturated rings. The van der Waals surface area contributed by atoms with Crippen molar-refractivity contribution in [2.75, 3.05) is 26.6 Å². The maximum atomic E-state index is 5.77. The van der Waals surface area contributed by atoms with Gasteiger partial charge in [-0.1, -0.05) is 0 Å². The Morgan fingerprint density at radius 1 is 1.12 bits per heavy atom. The van der Waals surface area contributed by atoms with E-state index in [4.69, 9.17) is 13.3 Å². The van der Waals surface area contributed by atoms with E-state index >= 15 is 0 Å². The van der Waals surface area contributed by atoms with Crippen LogP contribution in [0.2, 0.25) is 6.04 Å². The highest BCUT2D eigenvalue weighted by Crippen LogP contribution is 2.21. The minimum absolute atomic E-state index is 0.0400. The van der Waals surface area contributed by atoms with E-state index in [0.717, 1.165) is 31.1 Å². The summed E-state index contributed by atoms with van der Waals surface area (Å²) in [6, 6.07) is 0.749. The van der Waals surface area contributed by atoms with Gasteiger partial charge in [-0.05, 0) is 25.0 Å². The fourth-order valence-electron chi connectivity index (χ4n) is 1.22. The van der Waals surface area contributed by atoms with Gasteiger partial charge in [-0.3, -0.25) is 0 Å². The molecule has 0 N–H and O–H groups in total. The zero-order valence-corrected chi connectivity index (χ0v) is 13.6. The van der Waals surface area contributed by atoms with Gasteiger partial charge < -0.3 is 13.3 Å². The summed E-state index contributed by atoms with van der Waals surface area (Å²) in [5.41, 5.74) is 0. The molecule has 0 aliphatic rings. The van der Waals surface area contributed by atoms with Gasteiger partial charge >= 0.3 is 8.80 Å². The molecule has 0 rings (SSSR count). The van der Waals surface area contributed by atoms with Crippen LogP contribution in [0.3, 0.4) is 0 Å². The lowest BCUT2D eigenvalue weighted by Gasteiger charge is -2.26. The van der Waals surface area contributed by atoms with Gasteiger partial charge in [0.2, 0.25) is 0 Å². The maximum absolute atomic E-state index is 5.77. The van der Waals surface area contributed by atoms with Crippen molar-refractivity contribution in [2.24, 2.45) is 0 Å². The van der Waals surface area contributed by atoms with Crippen molar-refractivity contribution in [3.8, 4) is 0 Å². The lowest BCUT2D eigenvalue weighted by molar-refractivity contribution is 0.0967. The molecule has 98 valence electrons. The van der Waals surface area contributed by atoms with Gasteiger partial charge in [0.25, 0.3) is 0 Å². The fourth-order valence-corrected chi connectivity index (χ4v) is 4.25. The third-order valence-electron chi connectivity index (χ3n) is 2.21. The van der Waals surface area contributed by atoms with E-state index in [1.54, 1.807) is 14.2 Å². The molecule has 0 unspecified atom stereocenters. The first-order valence-corrected chi connectivity index (χ1v) is 8.91. The van der Waals surface area contributed by atoms with Gasteiger partial charge in [0, 0.05) is 31.5 Å². The van der Waals surface area contributed by atoms with Crippen LogP contribution in [0.4, 0.5) is 0 Å². The van der Waals surface area contributed by atoms with Crippen molar-refractivity contribution in [1.82, 2.24) is 0 Å². The SMILES string of the molecule is CO[Si](CCC(S)S)(OC)OCCCCS. The molecule has 0 aliphatic carbocycles. The summed E-state index contributed by atoms with van der Waals surface area (Å²) >= 11 is 12.6. The first-order chi connectivity index (χ1) is 7.60. The quantitative estimate of drug-likeness (QED) is 0.251. The van der Waals surface area contributed by atoms with Crippen molar-refractivity contribution in [3.63, 3.8) is 0 Å². The summed E-state index contributed by atoms with van der Waals surface area (Å²) in [6.45, 7) is 0.665. The Hall–Kier alpha value is 1.15. The molecular weight excluding hydrogens is 280 g/mol. The molecule has 7 heteroatoms. The van der Waals surface area contributed by atoms with E-state index < -0.39 is 8.80 Å². The Kier molecular flexibility index (Phi) is 10.8. The predicted molar refractivity (Wildman–Crippen MR) is 80.0 cm³/mol. The van der Waals surface area contributed by atoms with Crippen LogP contribution in [-0.4, -0.2) is 40.0 Å². The summed E-state index contributed by atoms with van der Waals surface area (Å²) in [7, 11) is 0.800. The fraction of sp³-hybridized carbons (Fsp3) is 1.00. The zero-order chi connectivity index (χ0) is 12.4. The van der Waals surface area contributed by atoms with E-state index in [0.29, 0.717) is 6.61 Å². The number of unbranched alkanes of at least 4 members (excludes halogenated alkanes) is 1. The number of thiol groups is 3. The molecule has 0 atom stereocenters. The van der Waals surface area contributed by atoms with E-state index in [-0.39, 0.29) is 4.58 Å². The standard InChI is InChI=1S/C9H22O3S3Si/c1-10-16(11-2,8-5-9(14)15)12-6-3-4-7-13/h9,13-15H,3-8H2,1-2H3. The van der Waals surface area contributed by atoms with E-state index in [9.17, 15) is 0 Å². The molecule has 0 radical (unpaired) electrons. The smallest absolute Gasteiger partial charge is 0.377 e. The van der Waals surface area contributed by atoms with Crippen LogP contribution in [-0.2, 0) is 13.3 Å². The van der Waals surface area contributed by atoms with Gasteiger partial charge in [-0.2, -0.15) is 37.9 Å². The minimum Gasteiger partial charge on any atom is -0.377 e. The van der Waals surface area contributed by atoms with Crippen molar-refractivity contribution in [1.29, 1.82) is 0 Å². The second-order valence-electron chi connectivity index (χ2n) is 3.39. The van der Waals surface area contributed by atoms with Crippen molar-refractivity contribution < 1.29 is 13.3 Å². The lowest BCUT2D eigenvalue weighted by atomic mass is 10.4. The van der Waals surface area contributed by atoms with Crippen LogP contribution in [0.5, 0.6) is 0 Å². The molecule has 3 nitrogen and oxygen atoms in total. The summed E-state index contributed by atoms with van der Waals surface area (Å²) in [5.74, 6) is 0.882. The summed E-state index contributed by atoms with van der Waals surface area (Å²) < 4.78 is 16.7. The van der Waals surface area contributed by atoms with Gasteiger partial charge in [0.1, 0.15) is 0 Å². The third kappa shape index (κ3) is 7.47. The molecule has 0 saturated carbocycles. The van der Waals surface area contributed by atoms with E-state index in [2.05, 4.69) is 37.9 Å². The monoisotopic (exact) mass is 302 g/mol. The average molecular weight is 303 g/mol. The first-order valence-electron chi connectivity index (χ1n) is 5.31. The maximum Gasteiger partial charge on any atom is 0.500 e. The molecule has 0 aliphatic heterocycles. The molecule has 0 aromatic heterocycles. The highest BCUT2D eigenvalue weighted by molar-refractivity contribution is 7.99. The molecule has 0 saturated heterocycles. The predicted octanol–water partition coefficient (Wildman–Crippen LogP) is 2.52. The summed E-state index contributed by atoms with van der Waals surface area (Å²) in [6.07, 6.45) is 2.84. The largest absolute Gasteiger partial charge is 0.500 e. The minimum atomic E-state index is -2.48. The van der Waals surface area contributed by atoms with Gasteiger partial charge in [0.05, 0.1) is 0 Å². The first kappa shape index (κ1) is 17.1. The Bertz CT molecular complexity index is 168. The third-order valence-corrected chi connectivity index (χ3v) is 5.83. The van der Waals surface area contributed by atoms with Crippen molar-refractivity contribution in [3.05, 3.63) is 0 Å². The molecule has 0 amide bonds. The lowest BCUT2D eigenvalue weighted by Crippen LogP contribution is -2.44. The van der Waals surface area contributed by atoms with Gasteiger partial charge in [0.15, 0.2) is 0 Å². The second kappa shape index (κ2) is 10.1. The van der Waals surface area contributed by atoms with Gasteiger partial charge in [-0.25, -0.2) is 0 Å². The van der Waals surface area contributed by atoms with Crippen molar-refractivity contribution in [2.45, 2.75) is 29.9 Å². The Morgan fingerprint density at radius 3 is 2.19 bits per heavy atom. The molecule has 0 aromatic rings. The summed E-state index contributed by atoms with van der Waals surface area (Å²) in [5, 5.41) is 0.